The van der Waals surface area contributed by atoms with Crippen LogP contribution in [0.25, 0.3) is 0 Å². The van der Waals surface area contributed by atoms with Crippen LogP contribution in [0.15, 0.2) is 24.3 Å². The summed E-state index contributed by atoms with van der Waals surface area (Å²) in [5, 5.41) is 14.2. The number of piperidine rings is 1. The molecular formula is C15H23N3O2. The van der Waals surface area contributed by atoms with Crippen LogP contribution in [0.1, 0.15) is 18.9 Å². The Labute approximate surface area is 120 Å². The lowest BCUT2D eigenvalue weighted by Gasteiger charge is -2.35. The average Bonchev–Trinajstić information content (AvgIpc) is 2.42. The number of nitro benzene ring substituents is 1. The molecule has 2 atom stereocenters. The van der Waals surface area contributed by atoms with E-state index in [0.717, 1.165) is 31.6 Å². The largest absolute Gasteiger partial charge is 0.313 e. The summed E-state index contributed by atoms with van der Waals surface area (Å²) in [5.41, 5.74) is 1.30. The summed E-state index contributed by atoms with van der Waals surface area (Å²) >= 11 is 0. The molecule has 5 nitrogen and oxygen atoms in total. The van der Waals surface area contributed by atoms with Crippen molar-refractivity contribution in [2.75, 3.05) is 26.7 Å². The number of likely N-dealkylation sites (tertiary alicyclic amines) is 1. The van der Waals surface area contributed by atoms with Crippen molar-refractivity contribution in [3.05, 3.63) is 39.9 Å². The molecular weight excluding hydrogens is 254 g/mol. The quantitative estimate of drug-likeness (QED) is 0.661. The van der Waals surface area contributed by atoms with E-state index in [0.29, 0.717) is 12.0 Å². The zero-order chi connectivity index (χ0) is 14.5. The van der Waals surface area contributed by atoms with Crippen LogP contribution in [0.3, 0.4) is 0 Å². The van der Waals surface area contributed by atoms with Gasteiger partial charge >= 0.3 is 0 Å². The molecule has 2 rings (SSSR count). The second kappa shape index (κ2) is 6.81. The van der Waals surface area contributed by atoms with E-state index >= 15 is 0 Å². The third-order valence-corrected chi connectivity index (χ3v) is 4.08. The fourth-order valence-corrected chi connectivity index (χ4v) is 2.84. The third kappa shape index (κ3) is 4.02. The summed E-state index contributed by atoms with van der Waals surface area (Å²) in [4.78, 5) is 12.6. The maximum Gasteiger partial charge on any atom is 0.269 e. The number of benzene rings is 1. The molecule has 5 heteroatoms. The van der Waals surface area contributed by atoms with Crippen LogP contribution >= 0.6 is 0 Å². The van der Waals surface area contributed by atoms with E-state index in [9.17, 15) is 10.1 Å². The lowest BCUT2D eigenvalue weighted by atomic mass is 9.94. The molecule has 2 unspecified atom stereocenters. The highest BCUT2D eigenvalue weighted by atomic mass is 16.6. The monoisotopic (exact) mass is 277 g/mol. The van der Waals surface area contributed by atoms with Gasteiger partial charge in [-0.3, -0.25) is 10.1 Å². The molecule has 0 amide bonds. The van der Waals surface area contributed by atoms with Gasteiger partial charge in [-0.2, -0.15) is 0 Å². The molecule has 0 bridgehead atoms. The van der Waals surface area contributed by atoms with Gasteiger partial charge in [-0.1, -0.05) is 19.1 Å². The highest BCUT2D eigenvalue weighted by Gasteiger charge is 2.23. The van der Waals surface area contributed by atoms with Crippen molar-refractivity contribution in [3.63, 3.8) is 0 Å². The molecule has 0 spiro atoms. The molecule has 0 saturated carbocycles. The van der Waals surface area contributed by atoms with E-state index in [4.69, 9.17) is 0 Å². The summed E-state index contributed by atoms with van der Waals surface area (Å²) in [6, 6.07) is 7.43. The third-order valence-electron chi connectivity index (χ3n) is 4.08. The van der Waals surface area contributed by atoms with E-state index in [-0.39, 0.29) is 10.6 Å². The van der Waals surface area contributed by atoms with Gasteiger partial charge in [-0.05, 0) is 44.5 Å². The Balaban J connectivity index is 1.76. The van der Waals surface area contributed by atoms with Crippen molar-refractivity contribution < 1.29 is 4.92 Å². The Morgan fingerprint density at radius 2 is 2.10 bits per heavy atom. The fraction of sp³-hybridized carbons (Fsp3) is 0.600. The normalized spacial score (nSPS) is 23.7. The molecule has 20 heavy (non-hydrogen) atoms. The first-order valence-corrected chi connectivity index (χ1v) is 7.21. The summed E-state index contributed by atoms with van der Waals surface area (Å²) in [7, 11) is 2.17. The number of rotatable bonds is 5. The van der Waals surface area contributed by atoms with Crippen molar-refractivity contribution in [2.45, 2.75) is 25.8 Å². The number of hydrogen-bond donors (Lipinski definition) is 1. The van der Waals surface area contributed by atoms with Gasteiger partial charge in [0.2, 0.25) is 0 Å². The maximum atomic E-state index is 10.6. The molecule has 1 aliphatic heterocycles. The molecule has 0 aromatic heterocycles. The van der Waals surface area contributed by atoms with E-state index in [2.05, 4.69) is 24.2 Å². The van der Waals surface area contributed by atoms with Crippen LogP contribution in [0, 0.1) is 16.0 Å². The minimum Gasteiger partial charge on any atom is -0.313 e. The second-order valence-electron chi connectivity index (χ2n) is 5.76. The molecule has 1 aromatic rings. The summed E-state index contributed by atoms with van der Waals surface area (Å²) < 4.78 is 0. The van der Waals surface area contributed by atoms with E-state index in [1.165, 1.54) is 6.42 Å². The lowest BCUT2D eigenvalue weighted by molar-refractivity contribution is -0.384. The molecule has 0 aliphatic carbocycles. The smallest absolute Gasteiger partial charge is 0.269 e. The SMILES string of the molecule is CC1CN(C)CCC1NCCc1ccc([N+](=O)[O-])cc1. The second-order valence-corrected chi connectivity index (χ2v) is 5.76. The van der Waals surface area contributed by atoms with Gasteiger partial charge in [0, 0.05) is 24.7 Å². The van der Waals surface area contributed by atoms with Crippen LogP contribution in [0.4, 0.5) is 5.69 Å². The summed E-state index contributed by atoms with van der Waals surface area (Å²) in [6.07, 6.45) is 2.11. The van der Waals surface area contributed by atoms with E-state index in [1.54, 1.807) is 12.1 Å². The Bertz CT molecular complexity index is 447. The van der Waals surface area contributed by atoms with Gasteiger partial charge in [-0.15, -0.1) is 0 Å². The molecule has 1 aromatic carbocycles. The maximum absolute atomic E-state index is 10.6. The topological polar surface area (TPSA) is 58.4 Å². The Morgan fingerprint density at radius 3 is 2.70 bits per heavy atom. The van der Waals surface area contributed by atoms with Gasteiger partial charge in [0.1, 0.15) is 0 Å². The Kier molecular flexibility index (Phi) is 5.09. The molecule has 1 aliphatic rings. The van der Waals surface area contributed by atoms with Crippen molar-refractivity contribution >= 4 is 5.69 Å². The molecule has 1 saturated heterocycles. The first-order chi connectivity index (χ1) is 9.56. The molecule has 0 radical (unpaired) electrons. The van der Waals surface area contributed by atoms with Gasteiger partial charge < -0.3 is 10.2 Å². The number of hydrogen-bond acceptors (Lipinski definition) is 4. The van der Waals surface area contributed by atoms with E-state index < -0.39 is 0 Å². The van der Waals surface area contributed by atoms with Gasteiger partial charge in [-0.25, -0.2) is 0 Å². The van der Waals surface area contributed by atoms with Crippen LogP contribution in [-0.4, -0.2) is 42.5 Å². The predicted molar refractivity (Wildman–Crippen MR) is 79.9 cm³/mol. The average molecular weight is 277 g/mol. The predicted octanol–water partition coefficient (Wildman–Crippen LogP) is 2.07. The number of nitrogens with one attached hydrogen (secondary N) is 1. The Hall–Kier alpha value is -1.46. The molecule has 1 fully saturated rings. The van der Waals surface area contributed by atoms with Crippen LogP contribution in [-0.2, 0) is 6.42 Å². The molecule has 110 valence electrons. The highest BCUT2D eigenvalue weighted by Crippen LogP contribution is 2.16. The van der Waals surface area contributed by atoms with E-state index in [1.807, 2.05) is 12.1 Å². The fourth-order valence-electron chi connectivity index (χ4n) is 2.84. The summed E-state index contributed by atoms with van der Waals surface area (Å²) in [6.45, 7) is 5.52. The van der Waals surface area contributed by atoms with Crippen molar-refractivity contribution in [3.8, 4) is 0 Å². The van der Waals surface area contributed by atoms with Gasteiger partial charge in [0.25, 0.3) is 5.69 Å². The standard InChI is InChI=1S/C15H23N3O2/c1-12-11-17(2)10-8-15(12)16-9-7-13-3-5-14(6-4-13)18(19)20/h3-6,12,15-16H,7-11H2,1-2H3. The lowest BCUT2D eigenvalue weighted by Crippen LogP contribution is -2.47. The first kappa shape index (κ1) is 14.9. The van der Waals surface area contributed by atoms with Crippen LogP contribution in [0.5, 0.6) is 0 Å². The van der Waals surface area contributed by atoms with Crippen molar-refractivity contribution in [1.82, 2.24) is 10.2 Å². The zero-order valence-corrected chi connectivity index (χ0v) is 12.2. The van der Waals surface area contributed by atoms with Crippen molar-refractivity contribution in [1.29, 1.82) is 0 Å². The molecule has 1 N–H and O–H groups in total. The number of non-ortho nitro benzene ring substituents is 1. The van der Waals surface area contributed by atoms with Crippen molar-refractivity contribution in [2.24, 2.45) is 5.92 Å². The van der Waals surface area contributed by atoms with Crippen LogP contribution < -0.4 is 5.32 Å². The number of nitro groups is 1. The molecule has 1 heterocycles. The highest BCUT2D eigenvalue weighted by molar-refractivity contribution is 5.32. The van der Waals surface area contributed by atoms with Gasteiger partial charge in [0.05, 0.1) is 4.92 Å². The minimum absolute atomic E-state index is 0.158. The number of nitrogens with zero attached hydrogens (tertiary/aromatic N) is 2. The van der Waals surface area contributed by atoms with Crippen LogP contribution in [0.2, 0.25) is 0 Å². The first-order valence-electron chi connectivity index (χ1n) is 7.21. The van der Waals surface area contributed by atoms with Gasteiger partial charge in [0.15, 0.2) is 0 Å². The zero-order valence-electron chi connectivity index (χ0n) is 12.2. The minimum atomic E-state index is -0.359. The Morgan fingerprint density at radius 1 is 1.40 bits per heavy atom. The summed E-state index contributed by atoms with van der Waals surface area (Å²) in [5.74, 6) is 0.672.